The average Bonchev–Trinajstić information content (AvgIpc) is 3.23. The molecule has 31 heavy (non-hydrogen) atoms. The number of nitrogens with zero attached hydrogens (tertiary/aromatic N) is 3. The van der Waals surface area contributed by atoms with Gasteiger partial charge in [-0.3, -0.25) is 4.79 Å². The number of rotatable bonds is 10. The summed E-state index contributed by atoms with van der Waals surface area (Å²) >= 11 is 0. The quantitative estimate of drug-likeness (QED) is 0.569. The van der Waals surface area contributed by atoms with E-state index in [4.69, 9.17) is 14.2 Å². The van der Waals surface area contributed by atoms with Crippen molar-refractivity contribution < 1.29 is 32.9 Å². The summed E-state index contributed by atoms with van der Waals surface area (Å²) in [5.41, 5.74) is -1.88. The summed E-state index contributed by atoms with van der Waals surface area (Å²) in [5, 5.41) is 15.5. The second kappa shape index (κ2) is 10.7. The summed E-state index contributed by atoms with van der Waals surface area (Å²) in [6, 6.07) is 3.00. The van der Waals surface area contributed by atoms with Crippen LogP contribution in [0.2, 0.25) is 0 Å². The van der Waals surface area contributed by atoms with Crippen LogP contribution >= 0.6 is 0 Å². The number of aromatic nitrogens is 3. The first-order valence-electron chi connectivity index (χ1n) is 10.2. The van der Waals surface area contributed by atoms with Crippen molar-refractivity contribution >= 4 is 5.97 Å². The fraction of sp³-hybridized carbons (Fsp3) is 0.571. The van der Waals surface area contributed by atoms with E-state index in [-0.39, 0.29) is 38.0 Å². The molecule has 10 heteroatoms. The van der Waals surface area contributed by atoms with Gasteiger partial charge in [0.1, 0.15) is 29.9 Å². The predicted octanol–water partition coefficient (Wildman–Crippen LogP) is 2.56. The van der Waals surface area contributed by atoms with Gasteiger partial charge in [0.05, 0.1) is 19.8 Å². The van der Waals surface area contributed by atoms with E-state index in [1.165, 1.54) is 30.3 Å². The van der Waals surface area contributed by atoms with Gasteiger partial charge < -0.3 is 19.3 Å². The summed E-state index contributed by atoms with van der Waals surface area (Å²) in [5.74, 6) is -2.59. The maximum atomic E-state index is 14.6. The molecule has 1 aliphatic rings. The Morgan fingerprint density at radius 1 is 1.39 bits per heavy atom. The molecule has 2 aromatic rings. The Labute approximate surface area is 179 Å². The molecule has 3 rings (SSSR count). The van der Waals surface area contributed by atoms with Gasteiger partial charge in [0.2, 0.25) is 0 Å². The molecule has 8 nitrogen and oxygen atoms in total. The van der Waals surface area contributed by atoms with Crippen LogP contribution in [-0.2, 0) is 31.2 Å². The van der Waals surface area contributed by atoms with Gasteiger partial charge in [-0.1, -0.05) is 6.07 Å². The zero-order valence-electron chi connectivity index (χ0n) is 17.4. The molecular weight excluding hydrogens is 412 g/mol. The molecule has 0 spiro atoms. The van der Waals surface area contributed by atoms with Crippen molar-refractivity contribution in [1.29, 1.82) is 0 Å². The van der Waals surface area contributed by atoms with Gasteiger partial charge in [-0.15, -0.1) is 0 Å². The second-order valence-corrected chi connectivity index (χ2v) is 7.75. The minimum absolute atomic E-state index is 0.0323. The lowest BCUT2D eigenvalue weighted by Gasteiger charge is -2.33. The van der Waals surface area contributed by atoms with Crippen LogP contribution in [0.25, 0.3) is 0 Å². The highest BCUT2D eigenvalue weighted by molar-refractivity contribution is 5.65. The normalized spacial score (nSPS) is 19.5. The lowest BCUT2D eigenvalue weighted by atomic mass is 9.84. The van der Waals surface area contributed by atoms with Crippen molar-refractivity contribution in [1.82, 2.24) is 14.8 Å². The Morgan fingerprint density at radius 3 is 2.87 bits per heavy atom. The molecule has 1 aromatic heterocycles. The molecule has 0 amide bonds. The van der Waals surface area contributed by atoms with Crippen LogP contribution < -0.4 is 0 Å². The third kappa shape index (κ3) is 6.78. The van der Waals surface area contributed by atoms with Gasteiger partial charge in [0, 0.05) is 31.1 Å². The number of benzene rings is 1. The lowest BCUT2D eigenvalue weighted by Crippen LogP contribution is -2.38. The SMILES string of the molecule is CC(=O)OC[C@@H](COC1CCCCO1)C[C@](O)(Cn1cncn1)c1ccc(F)cc1F. The molecule has 1 unspecified atom stereocenters. The smallest absolute Gasteiger partial charge is 0.302 e. The fourth-order valence-corrected chi connectivity index (χ4v) is 3.67. The summed E-state index contributed by atoms with van der Waals surface area (Å²) in [4.78, 5) is 15.2. The van der Waals surface area contributed by atoms with Gasteiger partial charge in [-0.2, -0.15) is 5.10 Å². The van der Waals surface area contributed by atoms with E-state index in [0.29, 0.717) is 6.61 Å². The van der Waals surface area contributed by atoms with E-state index in [1.807, 2.05) is 0 Å². The summed E-state index contributed by atoms with van der Waals surface area (Å²) in [6.45, 7) is 1.84. The Bertz CT molecular complexity index is 846. The summed E-state index contributed by atoms with van der Waals surface area (Å²) in [6.07, 6.45) is 4.97. The molecule has 0 bridgehead atoms. The molecule has 2 heterocycles. The van der Waals surface area contributed by atoms with Gasteiger partial charge in [0.15, 0.2) is 6.29 Å². The first-order chi connectivity index (χ1) is 14.9. The number of carbonyl (C=O) groups is 1. The standard InChI is InChI=1S/C21H27F2N3O5/c1-15(27)30-10-16(11-31-20-4-2-3-7-29-20)9-21(28,12-26-14-24-13-25-26)18-6-5-17(22)8-19(18)23/h5-6,8,13-14,16,20,28H,2-4,7,9-12H2,1H3/t16-,20?,21-/m0/s1. The maximum absolute atomic E-state index is 14.6. The number of halogens is 2. The highest BCUT2D eigenvalue weighted by Crippen LogP contribution is 2.33. The van der Waals surface area contributed by atoms with E-state index < -0.39 is 29.1 Å². The second-order valence-electron chi connectivity index (χ2n) is 7.75. The number of esters is 1. The Morgan fingerprint density at radius 2 is 2.23 bits per heavy atom. The van der Waals surface area contributed by atoms with Crippen molar-refractivity contribution in [3.05, 3.63) is 48.1 Å². The molecular formula is C21H27F2N3O5. The molecule has 0 radical (unpaired) electrons. The topological polar surface area (TPSA) is 95.7 Å². The molecule has 1 fully saturated rings. The average molecular weight is 439 g/mol. The van der Waals surface area contributed by atoms with Crippen LogP contribution in [0.4, 0.5) is 8.78 Å². The molecule has 3 atom stereocenters. The predicted molar refractivity (Wildman–Crippen MR) is 105 cm³/mol. The lowest BCUT2D eigenvalue weighted by molar-refractivity contribution is -0.177. The molecule has 1 N–H and O–H groups in total. The first kappa shape index (κ1) is 23.2. The Hall–Kier alpha value is -2.43. The summed E-state index contributed by atoms with van der Waals surface area (Å²) in [7, 11) is 0. The van der Waals surface area contributed by atoms with Gasteiger partial charge in [0.25, 0.3) is 0 Å². The number of hydrogen-bond donors (Lipinski definition) is 1. The molecule has 0 aliphatic carbocycles. The highest BCUT2D eigenvalue weighted by atomic mass is 19.1. The maximum Gasteiger partial charge on any atom is 0.302 e. The Kier molecular flexibility index (Phi) is 8.05. The van der Waals surface area contributed by atoms with Gasteiger partial charge >= 0.3 is 5.97 Å². The summed E-state index contributed by atoms with van der Waals surface area (Å²) < 4.78 is 46.0. The largest absolute Gasteiger partial charge is 0.465 e. The molecule has 1 saturated heterocycles. The van der Waals surface area contributed by atoms with Crippen LogP contribution in [0.1, 0.15) is 38.2 Å². The number of hydrogen-bond acceptors (Lipinski definition) is 7. The van der Waals surface area contributed by atoms with Crippen molar-refractivity contribution in [3.63, 3.8) is 0 Å². The zero-order chi connectivity index (χ0) is 22.3. The monoisotopic (exact) mass is 439 g/mol. The van der Waals surface area contributed by atoms with E-state index in [2.05, 4.69) is 10.1 Å². The minimum Gasteiger partial charge on any atom is -0.465 e. The van der Waals surface area contributed by atoms with E-state index in [9.17, 15) is 18.7 Å². The van der Waals surface area contributed by atoms with E-state index in [1.54, 1.807) is 0 Å². The highest BCUT2D eigenvalue weighted by Gasteiger charge is 2.37. The number of carbonyl (C=O) groups excluding carboxylic acids is 1. The third-order valence-corrected chi connectivity index (χ3v) is 5.13. The van der Waals surface area contributed by atoms with Gasteiger partial charge in [-0.25, -0.2) is 18.4 Å². The zero-order valence-corrected chi connectivity index (χ0v) is 17.4. The molecule has 1 aliphatic heterocycles. The number of aliphatic hydroxyl groups is 1. The third-order valence-electron chi connectivity index (χ3n) is 5.13. The van der Waals surface area contributed by atoms with E-state index in [0.717, 1.165) is 31.4 Å². The Balaban J connectivity index is 1.81. The van der Waals surface area contributed by atoms with Crippen LogP contribution in [0.5, 0.6) is 0 Å². The van der Waals surface area contributed by atoms with Crippen molar-refractivity contribution in [2.45, 2.75) is 51.0 Å². The minimum atomic E-state index is -1.78. The van der Waals surface area contributed by atoms with Crippen LogP contribution in [0.15, 0.2) is 30.9 Å². The number of ether oxygens (including phenoxy) is 3. The molecule has 1 aromatic carbocycles. The van der Waals surface area contributed by atoms with Crippen LogP contribution in [0, 0.1) is 17.6 Å². The van der Waals surface area contributed by atoms with Gasteiger partial charge in [-0.05, 0) is 31.7 Å². The van der Waals surface area contributed by atoms with Crippen LogP contribution in [-0.4, -0.2) is 52.0 Å². The molecule has 0 saturated carbocycles. The molecule has 170 valence electrons. The van der Waals surface area contributed by atoms with Crippen molar-refractivity contribution in [2.24, 2.45) is 5.92 Å². The fourth-order valence-electron chi connectivity index (χ4n) is 3.67. The first-order valence-corrected chi connectivity index (χ1v) is 10.2. The van der Waals surface area contributed by atoms with Crippen molar-refractivity contribution in [2.75, 3.05) is 19.8 Å². The van der Waals surface area contributed by atoms with Crippen LogP contribution in [0.3, 0.4) is 0 Å². The van der Waals surface area contributed by atoms with E-state index >= 15 is 0 Å². The van der Waals surface area contributed by atoms with Crippen molar-refractivity contribution in [3.8, 4) is 0 Å².